The number of phenols is 1. The number of carboxylic acid groups (broad SMARTS) is 1. The number of carbonyl (C=O) groups is 4. The molecule has 12 heteroatoms. The smallest absolute Gasteiger partial charge is 0.327 e. The standard InChI is InChI=1S/C25H29N5O6S/c26-18(10-15-11-27-19-4-2-1-3-17(15)19)23(33)30-20(9-14-5-7-16(31)8-6-14)24(34)28-12-22(32)29-21(13-37)25(35)36/h1-8,11,18,20-21,27,31,37H,9-10,12-13,26H2,(H,28,34)(H,29,32)(H,30,33)(H,35,36). The number of aromatic amines is 1. The van der Waals surface area contributed by atoms with Crippen molar-refractivity contribution < 1.29 is 29.4 Å². The van der Waals surface area contributed by atoms with Crippen LogP contribution in [0.2, 0.25) is 0 Å². The van der Waals surface area contributed by atoms with E-state index >= 15 is 0 Å². The molecule has 196 valence electrons. The van der Waals surface area contributed by atoms with Crippen molar-refractivity contribution in [2.45, 2.75) is 31.0 Å². The molecule has 0 saturated heterocycles. The predicted molar refractivity (Wildman–Crippen MR) is 140 cm³/mol. The molecule has 0 bridgehead atoms. The Hall–Kier alpha value is -4.03. The lowest BCUT2D eigenvalue weighted by atomic mass is 10.0. The largest absolute Gasteiger partial charge is 0.508 e. The Bertz CT molecular complexity index is 1260. The maximum absolute atomic E-state index is 12.9. The van der Waals surface area contributed by atoms with Crippen LogP contribution in [-0.4, -0.2) is 69.3 Å². The molecular formula is C25H29N5O6S. The molecule has 11 nitrogen and oxygen atoms in total. The van der Waals surface area contributed by atoms with Crippen LogP contribution in [0.15, 0.2) is 54.7 Å². The average molecular weight is 528 g/mol. The van der Waals surface area contributed by atoms with E-state index in [0.717, 1.165) is 16.5 Å². The zero-order valence-electron chi connectivity index (χ0n) is 19.8. The lowest BCUT2D eigenvalue weighted by Gasteiger charge is -2.21. The van der Waals surface area contributed by atoms with Crippen molar-refractivity contribution in [2.75, 3.05) is 12.3 Å². The van der Waals surface area contributed by atoms with E-state index in [1.54, 1.807) is 18.3 Å². The Kier molecular flexibility index (Phi) is 9.52. The summed E-state index contributed by atoms with van der Waals surface area (Å²) in [5.74, 6) is -3.27. The third-order valence-corrected chi connectivity index (χ3v) is 6.06. The normalized spacial score (nSPS) is 13.4. The highest BCUT2D eigenvalue weighted by atomic mass is 32.1. The highest BCUT2D eigenvalue weighted by molar-refractivity contribution is 7.80. The summed E-state index contributed by atoms with van der Waals surface area (Å²) in [4.78, 5) is 52.2. The number of fused-ring (bicyclic) bond motifs is 1. The van der Waals surface area contributed by atoms with Gasteiger partial charge in [0.05, 0.1) is 12.6 Å². The Morgan fingerprint density at radius 2 is 1.65 bits per heavy atom. The number of para-hydroxylation sites is 1. The van der Waals surface area contributed by atoms with Crippen molar-refractivity contribution in [3.05, 3.63) is 65.9 Å². The van der Waals surface area contributed by atoms with Crippen molar-refractivity contribution in [1.82, 2.24) is 20.9 Å². The van der Waals surface area contributed by atoms with E-state index < -0.39 is 48.4 Å². The van der Waals surface area contributed by atoms with Crippen LogP contribution < -0.4 is 21.7 Å². The Labute approximate surface area is 218 Å². The summed E-state index contributed by atoms with van der Waals surface area (Å²) in [5.41, 5.74) is 8.58. The number of aromatic hydroxyl groups is 1. The lowest BCUT2D eigenvalue weighted by molar-refractivity contribution is -0.141. The zero-order valence-corrected chi connectivity index (χ0v) is 20.7. The molecule has 3 unspecified atom stereocenters. The van der Waals surface area contributed by atoms with Gasteiger partial charge in [0.1, 0.15) is 17.8 Å². The predicted octanol–water partition coefficient (Wildman–Crippen LogP) is 0.0862. The molecule has 0 aliphatic heterocycles. The highest BCUT2D eigenvalue weighted by Crippen LogP contribution is 2.19. The molecule has 0 aliphatic rings. The van der Waals surface area contributed by atoms with Crippen LogP contribution in [0.5, 0.6) is 5.75 Å². The molecule has 0 aliphatic carbocycles. The molecule has 3 aromatic rings. The topological polar surface area (TPSA) is 187 Å². The molecular weight excluding hydrogens is 498 g/mol. The number of benzene rings is 2. The maximum atomic E-state index is 12.9. The van der Waals surface area contributed by atoms with E-state index in [0.29, 0.717) is 5.56 Å². The number of carboxylic acids is 1. The van der Waals surface area contributed by atoms with Crippen LogP contribution in [0.4, 0.5) is 0 Å². The minimum absolute atomic E-state index is 0.0448. The monoisotopic (exact) mass is 527 g/mol. The molecule has 1 aromatic heterocycles. The van der Waals surface area contributed by atoms with Gasteiger partial charge in [-0.3, -0.25) is 14.4 Å². The number of rotatable bonds is 12. The van der Waals surface area contributed by atoms with Gasteiger partial charge in [0.2, 0.25) is 17.7 Å². The van der Waals surface area contributed by atoms with E-state index in [1.807, 2.05) is 24.3 Å². The second-order valence-corrected chi connectivity index (χ2v) is 8.83. The minimum Gasteiger partial charge on any atom is -0.508 e. The minimum atomic E-state index is -1.25. The summed E-state index contributed by atoms with van der Waals surface area (Å²) in [7, 11) is 0. The van der Waals surface area contributed by atoms with Gasteiger partial charge in [0.25, 0.3) is 0 Å². The molecule has 2 aromatic carbocycles. The molecule has 3 atom stereocenters. The third kappa shape index (κ3) is 7.72. The first kappa shape index (κ1) is 27.6. The molecule has 0 fully saturated rings. The molecule has 8 N–H and O–H groups in total. The molecule has 37 heavy (non-hydrogen) atoms. The number of amides is 3. The third-order valence-electron chi connectivity index (χ3n) is 5.70. The fourth-order valence-corrected chi connectivity index (χ4v) is 3.95. The lowest BCUT2D eigenvalue weighted by Crippen LogP contribution is -2.54. The summed E-state index contributed by atoms with van der Waals surface area (Å²) in [5, 5.41) is 26.8. The van der Waals surface area contributed by atoms with Crippen molar-refractivity contribution in [1.29, 1.82) is 0 Å². The molecule has 0 saturated carbocycles. The van der Waals surface area contributed by atoms with Crippen LogP contribution in [0.3, 0.4) is 0 Å². The number of carbonyl (C=O) groups excluding carboxylic acids is 3. The Morgan fingerprint density at radius 1 is 0.946 bits per heavy atom. The number of hydrogen-bond donors (Lipinski definition) is 8. The second kappa shape index (κ2) is 12.8. The molecule has 0 spiro atoms. The summed E-state index contributed by atoms with van der Waals surface area (Å²) >= 11 is 3.88. The Morgan fingerprint density at radius 3 is 2.32 bits per heavy atom. The van der Waals surface area contributed by atoms with Gasteiger partial charge in [0.15, 0.2) is 0 Å². The van der Waals surface area contributed by atoms with Crippen molar-refractivity contribution in [3.63, 3.8) is 0 Å². The fourth-order valence-electron chi connectivity index (χ4n) is 3.71. The first-order valence-corrected chi connectivity index (χ1v) is 12.1. The number of thiol groups is 1. The van der Waals surface area contributed by atoms with Crippen LogP contribution in [0.1, 0.15) is 11.1 Å². The van der Waals surface area contributed by atoms with Gasteiger partial charge < -0.3 is 36.9 Å². The maximum Gasteiger partial charge on any atom is 0.327 e. The number of H-pyrrole nitrogens is 1. The van der Waals surface area contributed by atoms with Crippen molar-refractivity contribution >= 4 is 47.2 Å². The first-order chi connectivity index (χ1) is 17.7. The van der Waals surface area contributed by atoms with Gasteiger partial charge in [-0.2, -0.15) is 12.6 Å². The van der Waals surface area contributed by atoms with Gasteiger partial charge in [-0.1, -0.05) is 30.3 Å². The van der Waals surface area contributed by atoms with Gasteiger partial charge >= 0.3 is 5.97 Å². The number of nitrogens with two attached hydrogens (primary N) is 1. The number of hydrogen-bond acceptors (Lipinski definition) is 7. The molecule has 3 amide bonds. The van der Waals surface area contributed by atoms with E-state index in [2.05, 4.69) is 33.6 Å². The van der Waals surface area contributed by atoms with Gasteiger partial charge in [-0.25, -0.2) is 4.79 Å². The SMILES string of the molecule is NC(Cc1c[nH]c2ccccc12)C(=O)NC(Cc1ccc(O)cc1)C(=O)NCC(=O)NC(CS)C(=O)O. The number of aliphatic carboxylic acids is 1. The second-order valence-electron chi connectivity index (χ2n) is 8.46. The van der Waals surface area contributed by atoms with Crippen molar-refractivity contribution in [3.8, 4) is 5.75 Å². The molecule has 3 rings (SSSR count). The number of nitrogens with one attached hydrogen (secondary N) is 4. The number of aromatic nitrogens is 1. The quantitative estimate of drug-likeness (QED) is 0.153. The van der Waals surface area contributed by atoms with Crippen LogP contribution in [0, 0.1) is 0 Å². The van der Waals surface area contributed by atoms with Gasteiger partial charge in [-0.15, -0.1) is 0 Å². The first-order valence-electron chi connectivity index (χ1n) is 11.5. The van der Waals surface area contributed by atoms with E-state index in [9.17, 15) is 24.3 Å². The molecule has 1 heterocycles. The summed E-state index contributed by atoms with van der Waals surface area (Å²) < 4.78 is 0. The van der Waals surface area contributed by atoms with E-state index in [4.69, 9.17) is 10.8 Å². The van der Waals surface area contributed by atoms with Crippen LogP contribution >= 0.6 is 12.6 Å². The summed E-state index contributed by atoms with van der Waals surface area (Å²) in [6, 6.07) is 10.5. The highest BCUT2D eigenvalue weighted by Gasteiger charge is 2.26. The van der Waals surface area contributed by atoms with Crippen LogP contribution in [-0.2, 0) is 32.0 Å². The fraction of sp³-hybridized carbons (Fsp3) is 0.280. The van der Waals surface area contributed by atoms with E-state index in [-0.39, 0.29) is 24.3 Å². The zero-order chi connectivity index (χ0) is 26.9. The van der Waals surface area contributed by atoms with Gasteiger partial charge in [-0.05, 0) is 35.7 Å². The van der Waals surface area contributed by atoms with Crippen molar-refractivity contribution in [2.24, 2.45) is 5.73 Å². The van der Waals surface area contributed by atoms with Crippen LogP contribution in [0.25, 0.3) is 10.9 Å². The summed E-state index contributed by atoms with van der Waals surface area (Å²) in [6.07, 6.45) is 2.08. The van der Waals surface area contributed by atoms with Gasteiger partial charge in [0, 0.05) is 29.3 Å². The average Bonchev–Trinajstić information content (AvgIpc) is 3.29. The summed E-state index contributed by atoms with van der Waals surface area (Å²) in [6.45, 7) is -0.500. The Balaban J connectivity index is 1.67. The van der Waals surface area contributed by atoms with E-state index in [1.165, 1.54) is 12.1 Å². The molecule has 0 radical (unpaired) electrons. The number of phenolic OH excluding ortho intramolecular Hbond substituents is 1.